The SMILES string of the molecule is CCCNS(=O)(=O)c1ccc(CCC(=O)NCc2ccc(Cl)cc2)cc1. The smallest absolute Gasteiger partial charge is 0.240 e. The van der Waals surface area contributed by atoms with Gasteiger partial charge in [-0.25, -0.2) is 13.1 Å². The highest BCUT2D eigenvalue weighted by Crippen LogP contribution is 2.12. The second-order valence-corrected chi connectivity index (χ2v) is 8.15. The van der Waals surface area contributed by atoms with E-state index in [4.69, 9.17) is 11.6 Å². The number of amides is 1. The molecule has 26 heavy (non-hydrogen) atoms. The molecule has 0 saturated carbocycles. The van der Waals surface area contributed by atoms with E-state index >= 15 is 0 Å². The van der Waals surface area contributed by atoms with Gasteiger partial charge in [-0.1, -0.05) is 42.8 Å². The summed E-state index contributed by atoms with van der Waals surface area (Å²) < 4.78 is 26.6. The van der Waals surface area contributed by atoms with Crippen molar-refractivity contribution in [2.24, 2.45) is 0 Å². The third-order valence-corrected chi connectivity index (χ3v) is 5.55. The number of carbonyl (C=O) groups excluding carboxylic acids is 1. The molecular weight excluding hydrogens is 372 g/mol. The average Bonchev–Trinajstić information content (AvgIpc) is 2.64. The number of sulfonamides is 1. The van der Waals surface area contributed by atoms with Crippen LogP contribution in [0.4, 0.5) is 0 Å². The lowest BCUT2D eigenvalue weighted by Gasteiger charge is -2.08. The molecular formula is C19H23ClN2O3S. The Morgan fingerprint density at radius 2 is 1.62 bits per heavy atom. The number of rotatable bonds is 9. The number of carbonyl (C=O) groups is 1. The average molecular weight is 395 g/mol. The van der Waals surface area contributed by atoms with Gasteiger partial charge in [0.15, 0.2) is 0 Å². The van der Waals surface area contributed by atoms with Crippen LogP contribution in [-0.4, -0.2) is 20.9 Å². The molecule has 0 aliphatic carbocycles. The summed E-state index contributed by atoms with van der Waals surface area (Å²) in [5, 5.41) is 3.52. The van der Waals surface area contributed by atoms with Crippen molar-refractivity contribution in [1.29, 1.82) is 0 Å². The number of halogens is 1. The van der Waals surface area contributed by atoms with Gasteiger partial charge in [-0.15, -0.1) is 0 Å². The van der Waals surface area contributed by atoms with Gasteiger partial charge in [0.2, 0.25) is 15.9 Å². The summed E-state index contributed by atoms with van der Waals surface area (Å²) in [6.07, 6.45) is 1.63. The van der Waals surface area contributed by atoms with Crippen molar-refractivity contribution < 1.29 is 13.2 Å². The molecule has 0 aromatic heterocycles. The van der Waals surface area contributed by atoms with Crippen LogP contribution in [-0.2, 0) is 27.8 Å². The van der Waals surface area contributed by atoms with Crippen molar-refractivity contribution in [3.05, 3.63) is 64.7 Å². The van der Waals surface area contributed by atoms with E-state index in [-0.39, 0.29) is 10.8 Å². The van der Waals surface area contributed by atoms with Gasteiger partial charge in [0.1, 0.15) is 0 Å². The standard InChI is InChI=1S/C19H23ClN2O3S/c1-2-13-22-26(24,25)18-10-5-15(6-11-18)7-12-19(23)21-14-16-3-8-17(20)9-4-16/h3-6,8-11,22H,2,7,12-14H2,1H3,(H,21,23). The fraction of sp³-hybridized carbons (Fsp3) is 0.316. The Bertz CT molecular complexity index is 819. The second kappa shape index (κ2) is 9.71. The second-order valence-electron chi connectivity index (χ2n) is 5.94. The Kier molecular flexibility index (Phi) is 7.63. The molecule has 5 nitrogen and oxygen atoms in total. The molecule has 0 atom stereocenters. The van der Waals surface area contributed by atoms with E-state index in [9.17, 15) is 13.2 Å². The molecule has 140 valence electrons. The minimum absolute atomic E-state index is 0.0544. The summed E-state index contributed by atoms with van der Waals surface area (Å²) in [5.74, 6) is -0.0544. The van der Waals surface area contributed by atoms with Crippen LogP contribution in [0.3, 0.4) is 0 Å². The number of aryl methyl sites for hydroxylation is 1. The first-order valence-electron chi connectivity index (χ1n) is 8.50. The molecule has 7 heteroatoms. The van der Waals surface area contributed by atoms with Gasteiger partial charge < -0.3 is 5.32 Å². The van der Waals surface area contributed by atoms with Gasteiger partial charge in [-0.2, -0.15) is 0 Å². The fourth-order valence-corrected chi connectivity index (χ4v) is 3.56. The number of hydrogen-bond acceptors (Lipinski definition) is 3. The maximum Gasteiger partial charge on any atom is 0.240 e. The molecule has 0 aliphatic heterocycles. The van der Waals surface area contributed by atoms with Crippen LogP contribution < -0.4 is 10.0 Å². The number of benzene rings is 2. The zero-order valence-corrected chi connectivity index (χ0v) is 16.2. The molecule has 2 rings (SSSR count). The molecule has 0 bridgehead atoms. The Balaban J connectivity index is 1.81. The molecule has 2 aromatic rings. The Morgan fingerprint density at radius 1 is 1.00 bits per heavy atom. The van der Waals surface area contributed by atoms with Crippen LogP contribution in [0.5, 0.6) is 0 Å². The van der Waals surface area contributed by atoms with Crippen molar-refractivity contribution in [2.45, 2.75) is 37.6 Å². The van der Waals surface area contributed by atoms with E-state index < -0.39 is 10.0 Å². The lowest BCUT2D eigenvalue weighted by atomic mass is 10.1. The topological polar surface area (TPSA) is 75.3 Å². The minimum Gasteiger partial charge on any atom is -0.352 e. The molecule has 1 amide bonds. The molecule has 0 fully saturated rings. The molecule has 0 aliphatic rings. The van der Waals surface area contributed by atoms with Crippen LogP contribution in [0, 0.1) is 0 Å². The summed E-state index contributed by atoms with van der Waals surface area (Å²) in [4.78, 5) is 12.2. The monoisotopic (exact) mass is 394 g/mol. The highest BCUT2D eigenvalue weighted by molar-refractivity contribution is 7.89. The summed E-state index contributed by atoms with van der Waals surface area (Å²) in [5.41, 5.74) is 1.90. The molecule has 2 N–H and O–H groups in total. The number of nitrogens with one attached hydrogen (secondary N) is 2. The molecule has 2 aromatic carbocycles. The Morgan fingerprint density at radius 3 is 2.23 bits per heavy atom. The van der Waals surface area contributed by atoms with E-state index in [2.05, 4.69) is 10.0 Å². The first-order chi connectivity index (χ1) is 12.4. The van der Waals surface area contributed by atoms with Crippen LogP contribution in [0.15, 0.2) is 53.4 Å². The third-order valence-electron chi connectivity index (χ3n) is 3.82. The largest absolute Gasteiger partial charge is 0.352 e. The molecule has 0 spiro atoms. The van der Waals surface area contributed by atoms with Crippen LogP contribution in [0.2, 0.25) is 5.02 Å². The van der Waals surface area contributed by atoms with Gasteiger partial charge in [0, 0.05) is 24.5 Å². The Labute approximate surface area is 159 Å². The first-order valence-corrected chi connectivity index (χ1v) is 10.4. The number of hydrogen-bond donors (Lipinski definition) is 2. The highest BCUT2D eigenvalue weighted by Gasteiger charge is 2.12. The van der Waals surface area contributed by atoms with Gasteiger partial charge in [0.25, 0.3) is 0 Å². The molecule has 0 unspecified atom stereocenters. The van der Waals surface area contributed by atoms with Crippen LogP contribution >= 0.6 is 11.6 Å². The van der Waals surface area contributed by atoms with Gasteiger partial charge in [-0.05, 0) is 48.2 Å². The summed E-state index contributed by atoms with van der Waals surface area (Å²) in [6.45, 7) is 2.78. The zero-order valence-electron chi connectivity index (χ0n) is 14.7. The van der Waals surface area contributed by atoms with Crippen molar-refractivity contribution in [3.8, 4) is 0 Å². The van der Waals surface area contributed by atoms with E-state index in [0.717, 1.165) is 17.5 Å². The van der Waals surface area contributed by atoms with E-state index in [1.54, 1.807) is 36.4 Å². The van der Waals surface area contributed by atoms with Gasteiger partial charge >= 0.3 is 0 Å². The summed E-state index contributed by atoms with van der Waals surface area (Å²) in [7, 11) is -3.45. The zero-order chi connectivity index (χ0) is 19.0. The van der Waals surface area contributed by atoms with Gasteiger partial charge in [0.05, 0.1) is 4.90 Å². The van der Waals surface area contributed by atoms with E-state index in [1.807, 2.05) is 19.1 Å². The van der Waals surface area contributed by atoms with Crippen LogP contribution in [0.25, 0.3) is 0 Å². The maximum atomic E-state index is 12.0. The summed E-state index contributed by atoms with van der Waals surface area (Å²) >= 11 is 5.83. The predicted octanol–water partition coefficient (Wildman–Crippen LogP) is 3.28. The van der Waals surface area contributed by atoms with E-state index in [1.165, 1.54) is 0 Å². The van der Waals surface area contributed by atoms with Crippen molar-refractivity contribution in [2.75, 3.05) is 6.54 Å². The quantitative estimate of drug-likeness (QED) is 0.685. The molecule has 0 radical (unpaired) electrons. The Hall–Kier alpha value is -1.89. The normalized spacial score (nSPS) is 11.3. The van der Waals surface area contributed by atoms with Crippen molar-refractivity contribution >= 4 is 27.5 Å². The lowest BCUT2D eigenvalue weighted by molar-refractivity contribution is -0.121. The fourth-order valence-electron chi connectivity index (χ4n) is 2.30. The highest BCUT2D eigenvalue weighted by atomic mass is 35.5. The maximum absolute atomic E-state index is 12.0. The third kappa shape index (κ3) is 6.44. The molecule has 0 heterocycles. The van der Waals surface area contributed by atoms with E-state index in [0.29, 0.717) is 31.0 Å². The summed E-state index contributed by atoms with van der Waals surface area (Å²) in [6, 6.07) is 13.9. The van der Waals surface area contributed by atoms with Crippen LogP contribution in [0.1, 0.15) is 30.9 Å². The minimum atomic E-state index is -3.45. The van der Waals surface area contributed by atoms with Gasteiger partial charge in [-0.3, -0.25) is 4.79 Å². The molecule has 0 saturated heterocycles. The lowest BCUT2D eigenvalue weighted by Crippen LogP contribution is -2.24. The van der Waals surface area contributed by atoms with Crippen molar-refractivity contribution in [1.82, 2.24) is 10.0 Å². The predicted molar refractivity (Wildman–Crippen MR) is 104 cm³/mol. The van der Waals surface area contributed by atoms with Crippen molar-refractivity contribution in [3.63, 3.8) is 0 Å². The first kappa shape index (κ1) is 20.4.